The molecular formula is C36H66O4. The van der Waals surface area contributed by atoms with Gasteiger partial charge in [0.1, 0.15) is 5.78 Å². The zero-order chi connectivity index (χ0) is 29.4. The first-order valence-electron chi connectivity index (χ1n) is 17.5. The lowest BCUT2D eigenvalue weighted by Crippen LogP contribution is -2.11. The lowest BCUT2D eigenvalue weighted by atomic mass is 10.0. The number of rotatable bonds is 31. The smallest absolute Gasteiger partial charge is 0.313 e. The minimum atomic E-state index is -0.386. The summed E-state index contributed by atoms with van der Waals surface area (Å²) >= 11 is 0. The highest BCUT2D eigenvalue weighted by atomic mass is 16.6. The summed E-state index contributed by atoms with van der Waals surface area (Å²) < 4.78 is 4.93. The molecule has 4 nitrogen and oxygen atoms in total. The van der Waals surface area contributed by atoms with E-state index in [1.165, 1.54) is 103 Å². The van der Waals surface area contributed by atoms with Gasteiger partial charge in [-0.2, -0.15) is 0 Å². The molecule has 0 saturated heterocycles. The monoisotopic (exact) mass is 562 g/mol. The van der Waals surface area contributed by atoms with Gasteiger partial charge >= 0.3 is 11.9 Å². The third-order valence-electron chi connectivity index (χ3n) is 7.77. The predicted octanol–water partition coefficient (Wildman–Crippen LogP) is 11.5. The Labute approximate surface area is 248 Å². The van der Waals surface area contributed by atoms with Crippen molar-refractivity contribution in [3.63, 3.8) is 0 Å². The van der Waals surface area contributed by atoms with Crippen molar-refractivity contribution in [1.82, 2.24) is 0 Å². The van der Waals surface area contributed by atoms with Crippen molar-refractivity contribution in [2.24, 2.45) is 0 Å². The van der Waals surface area contributed by atoms with Gasteiger partial charge in [0, 0.05) is 25.7 Å². The average molecular weight is 563 g/mol. The van der Waals surface area contributed by atoms with Crippen LogP contribution in [-0.4, -0.2) is 17.7 Å². The first kappa shape index (κ1) is 38.5. The van der Waals surface area contributed by atoms with Gasteiger partial charge in [-0.3, -0.25) is 14.4 Å². The molecule has 0 N–H and O–H groups in total. The van der Waals surface area contributed by atoms with Crippen LogP contribution in [0.5, 0.6) is 0 Å². The van der Waals surface area contributed by atoms with Crippen molar-refractivity contribution >= 4 is 17.7 Å². The topological polar surface area (TPSA) is 60.4 Å². The second kappa shape index (κ2) is 32.1. The molecule has 0 atom stereocenters. The van der Waals surface area contributed by atoms with Crippen LogP contribution in [0.15, 0.2) is 12.2 Å². The lowest BCUT2D eigenvalue weighted by Gasteiger charge is -2.04. The molecule has 0 aromatic carbocycles. The molecule has 0 aromatic heterocycles. The van der Waals surface area contributed by atoms with E-state index in [0.717, 1.165) is 64.2 Å². The lowest BCUT2D eigenvalue weighted by molar-refractivity contribution is -0.159. The summed E-state index contributed by atoms with van der Waals surface area (Å²) in [5.74, 6) is -0.355. The Hall–Kier alpha value is -1.45. The molecule has 234 valence electrons. The number of Topliss-reactive ketones (excluding diaryl/α,β-unsaturated/α-hetero) is 1. The molecule has 0 rings (SSSR count). The Balaban J connectivity index is 3.38. The Bertz CT molecular complexity index is 610. The standard InChI is InChI=1S/C36H66O4/c1-3-5-7-9-11-12-13-14-15-16-17-18-20-22-26-30-34(37)31-27-23-21-25-29-33-36(39)40-35(38)32-28-24-19-10-8-6-4-2/h14-15H,3-13,16-33H2,1-2H3/b15-14-. The van der Waals surface area contributed by atoms with E-state index in [1.54, 1.807) is 0 Å². The summed E-state index contributed by atoms with van der Waals surface area (Å²) in [5.41, 5.74) is 0. The summed E-state index contributed by atoms with van der Waals surface area (Å²) in [5, 5.41) is 0. The maximum absolute atomic E-state index is 12.1. The summed E-state index contributed by atoms with van der Waals surface area (Å²) in [6, 6.07) is 0. The highest BCUT2D eigenvalue weighted by molar-refractivity contribution is 5.85. The Morgan fingerprint density at radius 2 is 0.700 bits per heavy atom. The van der Waals surface area contributed by atoms with Crippen molar-refractivity contribution in [1.29, 1.82) is 0 Å². The maximum Gasteiger partial charge on any atom is 0.313 e. The number of unbranched alkanes of at least 4 members (excludes halogenated alkanes) is 21. The highest BCUT2D eigenvalue weighted by Gasteiger charge is 2.10. The first-order valence-corrected chi connectivity index (χ1v) is 17.5. The van der Waals surface area contributed by atoms with E-state index in [0.29, 0.717) is 25.0 Å². The third kappa shape index (κ3) is 31.1. The van der Waals surface area contributed by atoms with Gasteiger partial charge in [0.15, 0.2) is 0 Å². The molecule has 0 unspecified atom stereocenters. The van der Waals surface area contributed by atoms with Gasteiger partial charge in [-0.05, 0) is 51.4 Å². The highest BCUT2D eigenvalue weighted by Crippen LogP contribution is 2.13. The van der Waals surface area contributed by atoms with Crippen LogP contribution in [0.2, 0.25) is 0 Å². The van der Waals surface area contributed by atoms with Crippen LogP contribution in [0.4, 0.5) is 0 Å². The second-order valence-electron chi connectivity index (χ2n) is 11.9. The molecular weight excluding hydrogens is 496 g/mol. The summed E-state index contributed by atoms with van der Waals surface area (Å²) in [4.78, 5) is 35.7. The van der Waals surface area contributed by atoms with Gasteiger partial charge in [-0.25, -0.2) is 0 Å². The van der Waals surface area contributed by atoms with Gasteiger partial charge < -0.3 is 4.74 Å². The number of hydrogen-bond donors (Lipinski definition) is 0. The minimum absolute atomic E-state index is 0.317. The fraction of sp³-hybridized carbons (Fsp3) is 0.861. The summed E-state index contributed by atoms with van der Waals surface area (Å²) in [6.07, 6.45) is 36.2. The van der Waals surface area contributed by atoms with Crippen molar-refractivity contribution in [2.75, 3.05) is 0 Å². The second-order valence-corrected chi connectivity index (χ2v) is 11.9. The first-order chi connectivity index (χ1) is 19.6. The summed E-state index contributed by atoms with van der Waals surface area (Å²) in [6.45, 7) is 4.47. The molecule has 0 radical (unpaired) electrons. The van der Waals surface area contributed by atoms with E-state index in [4.69, 9.17) is 4.74 Å². The van der Waals surface area contributed by atoms with Crippen molar-refractivity contribution < 1.29 is 19.1 Å². The van der Waals surface area contributed by atoms with Crippen molar-refractivity contribution in [2.45, 2.75) is 200 Å². The van der Waals surface area contributed by atoms with Gasteiger partial charge in [0.25, 0.3) is 0 Å². The van der Waals surface area contributed by atoms with E-state index in [-0.39, 0.29) is 11.9 Å². The number of ether oxygens (including phenoxy) is 1. The zero-order valence-corrected chi connectivity index (χ0v) is 26.8. The minimum Gasteiger partial charge on any atom is -0.393 e. The number of carbonyl (C=O) groups excluding carboxylic acids is 3. The maximum atomic E-state index is 12.1. The molecule has 0 bridgehead atoms. The van der Waals surface area contributed by atoms with Crippen LogP contribution in [0.25, 0.3) is 0 Å². The molecule has 40 heavy (non-hydrogen) atoms. The van der Waals surface area contributed by atoms with E-state index in [2.05, 4.69) is 26.0 Å². The number of hydrogen-bond acceptors (Lipinski definition) is 4. The molecule has 0 aliphatic heterocycles. The fourth-order valence-electron chi connectivity index (χ4n) is 5.10. The number of esters is 2. The average Bonchev–Trinajstić information content (AvgIpc) is 2.94. The van der Waals surface area contributed by atoms with Gasteiger partial charge in [0.05, 0.1) is 0 Å². The van der Waals surface area contributed by atoms with Crippen molar-refractivity contribution in [3.8, 4) is 0 Å². The van der Waals surface area contributed by atoms with Gasteiger partial charge in [-0.15, -0.1) is 0 Å². The predicted molar refractivity (Wildman–Crippen MR) is 170 cm³/mol. The molecule has 0 saturated carbocycles. The third-order valence-corrected chi connectivity index (χ3v) is 7.77. The quantitative estimate of drug-likeness (QED) is 0.0365. The SMILES string of the molecule is CCCCCCCC/C=C\CCCCCCCC(=O)CCCCCCCC(=O)OC(=O)CCCCCCCCC. The van der Waals surface area contributed by atoms with Crippen LogP contribution >= 0.6 is 0 Å². The molecule has 0 amide bonds. The molecule has 0 aromatic rings. The number of carbonyl (C=O) groups is 3. The van der Waals surface area contributed by atoms with Gasteiger partial charge in [0.2, 0.25) is 0 Å². The fourth-order valence-corrected chi connectivity index (χ4v) is 5.10. The number of ketones is 1. The van der Waals surface area contributed by atoms with Crippen LogP contribution in [-0.2, 0) is 19.1 Å². The Kier molecular flexibility index (Phi) is 30.9. The van der Waals surface area contributed by atoms with Crippen LogP contribution < -0.4 is 0 Å². The largest absolute Gasteiger partial charge is 0.393 e. The Morgan fingerprint density at radius 3 is 1.07 bits per heavy atom. The van der Waals surface area contributed by atoms with Crippen LogP contribution in [0, 0.1) is 0 Å². The van der Waals surface area contributed by atoms with Gasteiger partial charge in [-0.1, -0.05) is 135 Å². The Morgan fingerprint density at radius 1 is 0.400 bits per heavy atom. The summed E-state index contributed by atoms with van der Waals surface area (Å²) in [7, 11) is 0. The van der Waals surface area contributed by atoms with Crippen LogP contribution in [0.3, 0.4) is 0 Å². The normalized spacial score (nSPS) is 11.3. The number of allylic oxidation sites excluding steroid dienone is 2. The molecule has 0 aliphatic carbocycles. The molecule has 0 spiro atoms. The van der Waals surface area contributed by atoms with Crippen LogP contribution in [0.1, 0.15) is 200 Å². The van der Waals surface area contributed by atoms with E-state index in [9.17, 15) is 14.4 Å². The van der Waals surface area contributed by atoms with E-state index >= 15 is 0 Å². The van der Waals surface area contributed by atoms with E-state index in [1.807, 2.05) is 0 Å². The molecule has 0 aliphatic rings. The van der Waals surface area contributed by atoms with E-state index < -0.39 is 0 Å². The van der Waals surface area contributed by atoms with Crippen molar-refractivity contribution in [3.05, 3.63) is 12.2 Å². The zero-order valence-electron chi connectivity index (χ0n) is 26.8. The molecule has 4 heteroatoms. The molecule has 0 heterocycles. The molecule has 0 fully saturated rings.